The molecule has 1 aliphatic carbocycles. The summed E-state index contributed by atoms with van der Waals surface area (Å²) in [6.45, 7) is 2.95. The van der Waals surface area contributed by atoms with Gasteiger partial charge in [-0.1, -0.05) is 18.9 Å². The Morgan fingerprint density at radius 3 is 2.18 bits per heavy atom. The summed E-state index contributed by atoms with van der Waals surface area (Å²) in [5.41, 5.74) is -1.27. The molecule has 1 aliphatic heterocycles. The summed E-state index contributed by atoms with van der Waals surface area (Å²) in [4.78, 5) is 26.5. The molecular weight excluding hydrogens is 532 g/mol. The predicted molar refractivity (Wildman–Crippen MR) is 127 cm³/mol. The Hall–Kier alpha value is -3.01. The standard InChI is InChI=1S/C26H31F6N3O4/c1-23(2,3)39-21(36)24(8-4-5-9-24)18-12-16(13-33)6-7-17(18)14-34-10-11-35(22(37)38)15-19(34)20(25(27,28)29)26(30,31)32/h6-7,12,19-20H,4-5,8-11,14-15H2,1-3H3,(H,37,38). The number of alkyl halides is 6. The molecule has 39 heavy (non-hydrogen) atoms. The molecule has 13 heteroatoms. The summed E-state index contributed by atoms with van der Waals surface area (Å²) in [6.07, 6.45) is -11.0. The first-order chi connectivity index (χ1) is 17.9. The molecule has 0 spiro atoms. The lowest BCUT2D eigenvalue weighted by Gasteiger charge is -2.45. The highest BCUT2D eigenvalue weighted by Crippen LogP contribution is 2.47. The van der Waals surface area contributed by atoms with Crippen LogP contribution in [0.3, 0.4) is 0 Å². The molecule has 0 radical (unpaired) electrons. The van der Waals surface area contributed by atoms with Crippen LogP contribution in [0.25, 0.3) is 0 Å². The Bertz CT molecular complexity index is 1100. The third kappa shape index (κ3) is 6.77. The molecule has 0 bridgehead atoms. The predicted octanol–water partition coefficient (Wildman–Crippen LogP) is 5.62. The molecule has 1 heterocycles. The van der Waals surface area contributed by atoms with E-state index in [2.05, 4.69) is 0 Å². The normalized spacial score (nSPS) is 20.6. The average Bonchev–Trinajstić information content (AvgIpc) is 3.28. The SMILES string of the molecule is CC(C)(C)OC(=O)C1(c2cc(C#N)ccc2CN2CCN(C(=O)O)CC2C(C(F)(F)F)C(F)(F)F)CCCC1. The minimum absolute atomic E-state index is 0.180. The van der Waals surface area contributed by atoms with Crippen LogP contribution >= 0.6 is 0 Å². The van der Waals surface area contributed by atoms with Gasteiger partial charge in [-0.25, -0.2) is 4.79 Å². The van der Waals surface area contributed by atoms with E-state index in [4.69, 9.17) is 4.74 Å². The number of amides is 1. The van der Waals surface area contributed by atoms with Crippen molar-refractivity contribution in [2.24, 2.45) is 5.92 Å². The molecule has 1 unspecified atom stereocenters. The van der Waals surface area contributed by atoms with Crippen LogP contribution in [0.5, 0.6) is 0 Å². The van der Waals surface area contributed by atoms with Crippen molar-refractivity contribution in [1.29, 1.82) is 5.26 Å². The van der Waals surface area contributed by atoms with Crippen LogP contribution in [-0.2, 0) is 21.5 Å². The zero-order chi connectivity index (χ0) is 29.4. The molecule has 1 aromatic carbocycles. The fraction of sp³-hybridized carbons (Fsp3) is 0.654. The maximum absolute atomic E-state index is 13.8. The first kappa shape index (κ1) is 30.5. The summed E-state index contributed by atoms with van der Waals surface area (Å²) < 4.78 is 88.4. The van der Waals surface area contributed by atoms with Gasteiger partial charge in [0, 0.05) is 32.2 Å². The lowest BCUT2D eigenvalue weighted by molar-refractivity contribution is -0.302. The number of hydrogen-bond donors (Lipinski definition) is 1. The molecule has 1 saturated carbocycles. The van der Waals surface area contributed by atoms with E-state index in [1.807, 2.05) is 6.07 Å². The topological polar surface area (TPSA) is 93.9 Å². The second-order valence-corrected chi connectivity index (χ2v) is 11.1. The number of piperazine rings is 1. The largest absolute Gasteiger partial charge is 0.465 e. The number of esters is 1. The number of carbonyl (C=O) groups excluding carboxylic acids is 1. The van der Waals surface area contributed by atoms with Crippen LogP contribution in [0.4, 0.5) is 31.1 Å². The van der Waals surface area contributed by atoms with E-state index < -0.39 is 67.0 Å². The van der Waals surface area contributed by atoms with E-state index in [-0.39, 0.29) is 12.1 Å². The van der Waals surface area contributed by atoms with Crippen molar-refractivity contribution in [2.45, 2.75) is 82.4 Å². The van der Waals surface area contributed by atoms with E-state index in [0.717, 1.165) is 4.90 Å². The monoisotopic (exact) mass is 563 g/mol. The first-order valence-electron chi connectivity index (χ1n) is 12.5. The van der Waals surface area contributed by atoms with Gasteiger partial charge < -0.3 is 14.7 Å². The van der Waals surface area contributed by atoms with Crippen molar-refractivity contribution in [3.63, 3.8) is 0 Å². The summed E-state index contributed by atoms with van der Waals surface area (Å²) in [6, 6.07) is 4.01. The quantitative estimate of drug-likeness (QED) is 0.370. The number of nitriles is 1. The second kappa shape index (κ2) is 10.9. The minimum atomic E-state index is -5.68. The Balaban J connectivity index is 2.11. The third-order valence-corrected chi connectivity index (χ3v) is 7.27. The van der Waals surface area contributed by atoms with Gasteiger partial charge in [0.15, 0.2) is 5.92 Å². The lowest BCUT2D eigenvalue weighted by atomic mass is 9.75. The van der Waals surface area contributed by atoms with Crippen molar-refractivity contribution in [3.8, 4) is 6.07 Å². The molecule has 2 fully saturated rings. The fourth-order valence-corrected chi connectivity index (χ4v) is 5.54. The number of carboxylic acid groups (broad SMARTS) is 1. The van der Waals surface area contributed by atoms with Gasteiger partial charge in [-0.05, 0) is 56.9 Å². The van der Waals surface area contributed by atoms with Gasteiger partial charge >= 0.3 is 24.4 Å². The number of halogens is 6. The van der Waals surface area contributed by atoms with Gasteiger partial charge in [0.2, 0.25) is 0 Å². The van der Waals surface area contributed by atoms with Crippen LogP contribution in [0.1, 0.15) is 63.1 Å². The summed E-state index contributed by atoms with van der Waals surface area (Å²) in [5, 5.41) is 18.8. The molecule has 1 N–H and O–H groups in total. The Morgan fingerprint density at radius 1 is 1.10 bits per heavy atom. The molecular formula is C26H31F6N3O4. The van der Waals surface area contributed by atoms with E-state index in [1.165, 1.54) is 18.2 Å². The van der Waals surface area contributed by atoms with Gasteiger partial charge in [-0.3, -0.25) is 9.69 Å². The van der Waals surface area contributed by atoms with Gasteiger partial charge in [0.05, 0.1) is 17.0 Å². The fourth-order valence-electron chi connectivity index (χ4n) is 5.54. The number of benzene rings is 1. The lowest BCUT2D eigenvalue weighted by Crippen LogP contribution is -2.62. The summed E-state index contributed by atoms with van der Waals surface area (Å²) in [5.74, 6) is -4.36. The maximum Gasteiger partial charge on any atom is 0.407 e. The van der Waals surface area contributed by atoms with Crippen molar-refractivity contribution >= 4 is 12.1 Å². The molecule has 1 atom stereocenters. The van der Waals surface area contributed by atoms with Crippen LogP contribution in [0.2, 0.25) is 0 Å². The second-order valence-electron chi connectivity index (χ2n) is 11.1. The van der Waals surface area contributed by atoms with E-state index >= 15 is 0 Å². The molecule has 1 aromatic rings. The number of rotatable bonds is 5. The minimum Gasteiger partial charge on any atom is -0.465 e. The van der Waals surface area contributed by atoms with E-state index in [0.29, 0.717) is 41.7 Å². The highest BCUT2D eigenvalue weighted by atomic mass is 19.4. The average molecular weight is 564 g/mol. The molecule has 216 valence electrons. The molecule has 3 rings (SSSR count). The molecule has 0 aromatic heterocycles. The molecule has 7 nitrogen and oxygen atoms in total. The zero-order valence-electron chi connectivity index (χ0n) is 21.8. The van der Waals surface area contributed by atoms with Crippen LogP contribution < -0.4 is 0 Å². The Labute approximate surface area is 222 Å². The van der Waals surface area contributed by atoms with Crippen molar-refractivity contribution < 1.29 is 45.8 Å². The van der Waals surface area contributed by atoms with Crippen molar-refractivity contribution in [1.82, 2.24) is 9.80 Å². The smallest absolute Gasteiger partial charge is 0.407 e. The number of hydrogen-bond acceptors (Lipinski definition) is 5. The Kier molecular flexibility index (Phi) is 8.51. The summed E-state index contributed by atoms with van der Waals surface area (Å²) in [7, 11) is 0. The highest BCUT2D eigenvalue weighted by molar-refractivity contribution is 5.84. The summed E-state index contributed by atoms with van der Waals surface area (Å²) >= 11 is 0. The van der Waals surface area contributed by atoms with Crippen LogP contribution in [0.15, 0.2) is 18.2 Å². The van der Waals surface area contributed by atoms with Gasteiger partial charge in [0.1, 0.15) is 5.60 Å². The van der Waals surface area contributed by atoms with E-state index in [9.17, 15) is 46.3 Å². The molecule has 1 amide bonds. The maximum atomic E-state index is 13.8. The number of ether oxygens (including phenoxy) is 1. The van der Waals surface area contributed by atoms with Gasteiger partial charge in [-0.2, -0.15) is 31.6 Å². The van der Waals surface area contributed by atoms with E-state index in [1.54, 1.807) is 20.8 Å². The van der Waals surface area contributed by atoms with Gasteiger partial charge in [0.25, 0.3) is 0 Å². The van der Waals surface area contributed by atoms with Crippen molar-refractivity contribution in [3.05, 3.63) is 34.9 Å². The third-order valence-electron chi connectivity index (χ3n) is 7.27. The molecule has 2 aliphatic rings. The Morgan fingerprint density at radius 2 is 1.69 bits per heavy atom. The zero-order valence-corrected chi connectivity index (χ0v) is 21.8. The van der Waals surface area contributed by atoms with Crippen LogP contribution in [-0.4, -0.2) is 70.6 Å². The van der Waals surface area contributed by atoms with Crippen molar-refractivity contribution in [2.75, 3.05) is 19.6 Å². The van der Waals surface area contributed by atoms with Crippen LogP contribution in [0, 0.1) is 17.2 Å². The first-order valence-corrected chi connectivity index (χ1v) is 12.5. The van der Waals surface area contributed by atoms with Gasteiger partial charge in [-0.15, -0.1) is 0 Å². The number of nitrogens with zero attached hydrogens (tertiary/aromatic N) is 3. The number of carbonyl (C=O) groups is 2. The molecule has 1 saturated heterocycles. The highest BCUT2D eigenvalue weighted by Gasteiger charge is 2.62.